The summed E-state index contributed by atoms with van der Waals surface area (Å²) in [5, 5.41) is 0. The first-order valence-corrected chi connectivity index (χ1v) is 12.9. The first-order chi connectivity index (χ1) is 16.9. The SMILES string of the molecule is CCOC(=O)C1=C(N2CCN(C(=O)c3ccco3)CC2)C2CCCCC2N(CCCN(C)C)C1=O. The zero-order valence-electron chi connectivity index (χ0n) is 21.2. The molecule has 1 aliphatic carbocycles. The van der Waals surface area contributed by atoms with E-state index in [2.05, 4.69) is 9.80 Å². The van der Waals surface area contributed by atoms with Gasteiger partial charge in [-0.15, -0.1) is 0 Å². The van der Waals surface area contributed by atoms with Crippen LogP contribution in [0.5, 0.6) is 0 Å². The van der Waals surface area contributed by atoms with E-state index in [0.29, 0.717) is 38.5 Å². The quantitative estimate of drug-likeness (QED) is 0.411. The fourth-order valence-electron chi connectivity index (χ4n) is 5.71. The van der Waals surface area contributed by atoms with E-state index in [1.807, 2.05) is 19.0 Å². The van der Waals surface area contributed by atoms with Crippen LogP contribution in [0.15, 0.2) is 34.1 Å². The summed E-state index contributed by atoms with van der Waals surface area (Å²) >= 11 is 0. The highest BCUT2D eigenvalue weighted by Gasteiger charge is 2.47. The van der Waals surface area contributed by atoms with Crippen molar-refractivity contribution >= 4 is 17.8 Å². The largest absolute Gasteiger partial charge is 0.462 e. The molecule has 4 rings (SSSR count). The van der Waals surface area contributed by atoms with E-state index in [1.165, 1.54) is 6.26 Å². The summed E-state index contributed by atoms with van der Waals surface area (Å²) < 4.78 is 10.7. The number of fused-ring (bicyclic) bond motifs is 1. The van der Waals surface area contributed by atoms with Gasteiger partial charge in [-0.05, 0) is 59.0 Å². The number of rotatable bonds is 8. The van der Waals surface area contributed by atoms with Crippen molar-refractivity contribution in [3.63, 3.8) is 0 Å². The van der Waals surface area contributed by atoms with Crippen molar-refractivity contribution in [3.8, 4) is 0 Å². The summed E-state index contributed by atoms with van der Waals surface area (Å²) in [5.41, 5.74) is 1.04. The second-order valence-electron chi connectivity index (χ2n) is 9.85. The molecule has 192 valence electrons. The van der Waals surface area contributed by atoms with Crippen LogP contribution in [0, 0.1) is 5.92 Å². The fourth-order valence-corrected chi connectivity index (χ4v) is 5.71. The highest BCUT2D eigenvalue weighted by Crippen LogP contribution is 2.41. The van der Waals surface area contributed by atoms with Gasteiger partial charge in [-0.25, -0.2) is 4.79 Å². The minimum atomic E-state index is -0.525. The molecule has 2 amide bonds. The van der Waals surface area contributed by atoms with E-state index in [1.54, 1.807) is 24.0 Å². The topological polar surface area (TPSA) is 86.5 Å². The summed E-state index contributed by atoms with van der Waals surface area (Å²) in [4.78, 5) is 47.7. The summed E-state index contributed by atoms with van der Waals surface area (Å²) in [6.07, 6.45) is 6.44. The summed E-state index contributed by atoms with van der Waals surface area (Å²) in [6.45, 7) is 5.68. The van der Waals surface area contributed by atoms with Crippen LogP contribution in [0.1, 0.15) is 49.6 Å². The Morgan fingerprint density at radius 2 is 1.89 bits per heavy atom. The van der Waals surface area contributed by atoms with Gasteiger partial charge in [0.15, 0.2) is 5.76 Å². The number of hydrogen-bond acceptors (Lipinski definition) is 7. The van der Waals surface area contributed by atoms with Crippen molar-refractivity contribution in [2.45, 2.75) is 45.1 Å². The molecule has 0 aromatic carbocycles. The van der Waals surface area contributed by atoms with Crippen LogP contribution in [0.2, 0.25) is 0 Å². The van der Waals surface area contributed by atoms with Gasteiger partial charge in [-0.1, -0.05) is 12.8 Å². The number of ether oxygens (including phenoxy) is 1. The molecule has 0 N–H and O–H groups in total. The van der Waals surface area contributed by atoms with Crippen molar-refractivity contribution in [1.82, 2.24) is 19.6 Å². The van der Waals surface area contributed by atoms with Gasteiger partial charge in [0, 0.05) is 50.4 Å². The Kier molecular flexibility index (Phi) is 8.15. The molecule has 2 unspecified atom stereocenters. The highest BCUT2D eigenvalue weighted by molar-refractivity contribution is 6.17. The summed E-state index contributed by atoms with van der Waals surface area (Å²) in [6, 6.07) is 3.49. The number of carbonyl (C=O) groups is 3. The molecule has 2 atom stereocenters. The third kappa shape index (κ3) is 5.39. The predicted molar refractivity (Wildman–Crippen MR) is 130 cm³/mol. The van der Waals surface area contributed by atoms with Crippen molar-refractivity contribution in [3.05, 3.63) is 35.4 Å². The van der Waals surface area contributed by atoms with Gasteiger partial charge in [0.1, 0.15) is 5.57 Å². The average molecular weight is 487 g/mol. The first kappa shape index (κ1) is 25.3. The minimum absolute atomic E-state index is 0.106. The first-order valence-electron chi connectivity index (χ1n) is 12.9. The molecule has 9 heteroatoms. The lowest BCUT2D eigenvalue weighted by Gasteiger charge is -2.49. The molecule has 1 saturated carbocycles. The maximum Gasteiger partial charge on any atom is 0.345 e. The zero-order valence-corrected chi connectivity index (χ0v) is 21.2. The molecule has 9 nitrogen and oxygen atoms in total. The molecule has 0 bridgehead atoms. The summed E-state index contributed by atoms with van der Waals surface area (Å²) in [5.74, 6) is -0.403. The monoisotopic (exact) mass is 486 g/mol. The van der Waals surface area contributed by atoms with E-state index in [0.717, 1.165) is 44.3 Å². The lowest BCUT2D eigenvalue weighted by atomic mass is 9.76. The Labute approximate surface area is 207 Å². The maximum atomic E-state index is 13.8. The zero-order chi connectivity index (χ0) is 24.9. The van der Waals surface area contributed by atoms with Crippen LogP contribution in [0.25, 0.3) is 0 Å². The van der Waals surface area contributed by atoms with Gasteiger partial charge in [0.25, 0.3) is 11.8 Å². The Balaban J connectivity index is 1.60. The number of piperazine rings is 1. The molecule has 1 saturated heterocycles. The second-order valence-corrected chi connectivity index (χ2v) is 9.85. The van der Waals surface area contributed by atoms with E-state index in [9.17, 15) is 14.4 Å². The summed E-state index contributed by atoms with van der Waals surface area (Å²) in [7, 11) is 4.06. The predicted octanol–water partition coefficient (Wildman–Crippen LogP) is 2.21. The number of hydrogen-bond donors (Lipinski definition) is 0. The number of furan rings is 1. The highest BCUT2D eigenvalue weighted by atomic mass is 16.5. The molecule has 1 aromatic rings. The molecular formula is C26H38N4O5. The lowest BCUT2D eigenvalue weighted by molar-refractivity contribution is -0.145. The molecule has 3 aliphatic rings. The van der Waals surface area contributed by atoms with Crippen molar-refractivity contribution in [2.24, 2.45) is 5.92 Å². The van der Waals surface area contributed by atoms with E-state index < -0.39 is 5.97 Å². The van der Waals surface area contributed by atoms with E-state index >= 15 is 0 Å². The van der Waals surface area contributed by atoms with Crippen LogP contribution < -0.4 is 0 Å². The van der Waals surface area contributed by atoms with Crippen molar-refractivity contribution in [2.75, 3.05) is 60.0 Å². The smallest absolute Gasteiger partial charge is 0.345 e. The van der Waals surface area contributed by atoms with Gasteiger partial charge in [0.2, 0.25) is 0 Å². The van der Waals surface area contributed by atoms with Gasteiger partial charge in [-0.3, -0.25) is 9.59 Å². The maximum absolute atomic E-state index is 13.8. The number of esters is 1. The van der Waals surface area contributed by atoms with Crippen LogP contribution in [0.4, 0.5) is 0 Å². The van der Waals surface area contributed by atoms with Crippen LogP contribution in [-0.2, 0) is 14.3 Å². The molecule has 35 heavy (non-hydrogen) atoms. The number of carbonyl (C=O) groups excluding carboxylic acids is 3. The van der Waals surface area contributed by atoms with Crippen LogP contribution in [-0.4, -0.2) is 103 Å². The third-order valence-electron chi connectivity index (χ3n) is 7.34. The molecular weight excluding hydrogens is 448 g/mol. The van der Waals surface area contributed by atoms with Gasteiger partial charge < -0.3 is 28.8 Å². The normalized spacial score (nSPS) is 23.1. The molecule has 2 aliphatic heterocycles. The standard InChI is InChI=1S/C26H38N4O5/c1-4-34-26(33)22-23(28-14-16-29(17-15-28)24(31)21-11-7-18-35-21)19-9-5-6-10-20(19)30(25(22)32)13-8-12-27(2)3/h7,11,18-20H,4-6,8-10,12-17H2,1-3H3. The molecule has 1 aromatic heterocycles. The Morgan fingerprint density at radius 3 is 2.54 bits per heavy atom. The van der Waals surface area contributed by atoms with Crippen molar-refractivity contribution < 1.29 is 23.5 Å². The Morgan fingerprint density at radius 1 is 1.14 bits per heavy atom. The fraction of sp³-hybridized carbons (Fsp3) is 0.654. The second kappa shape index (κ2) is 11.3. The van der Waals surface area contributed by atoms with Gasteiger partial charge >= 0.3 is 5.97 Å². The van der Waals surface area contributed by atoms with E-state index in [-0.39, 0.29) is 36.0 Å². The molecule has 0 spiro atoms. The molecule has 3 heterocycles. The number of nitrogens with zero attached hydrogens (tertiary/aromatic N) is 4. The van der Waals surface area contributed by atoms with E-state index in [4.69, 9.17) is 9.15 Å². The third-order valence-corrected chi connectivity index (χ3v) is 7.34. The Hall–Kier alpha value is -2.81. The van der Waals surface area contributed by atoms with Gasteiger partial charge in [-0.2, -0.15) is 0 Å². The average Bonchev–Trinajstić information content (AvgIpc) is 3.39. The van der Waals surface area contributed by atoms with Gasteiger partial charge in [0.05, 0.1) is 12.9 Å². The van der Waals surface area contributed by atoms with Crippen LogP contribution in [0.3, 0.4) is 0 Å². The van der Waals surface area contributed by atoms with Crippen LogP contribution >= 0.6 is 0 Å². The van der Waals surface area contributed by atoms with Crippen molar-refractivity contribution in [1.29, 1.82) is 0 Å². The lowest BCUT2D eigenvalue weighted by Crippen LogP contribution is -2.57. The number of amides is 2. The molecule has 2 fully saturated rings. The minimum Gasteiger partial charge on any atom is -0.462 e. The molecule has 0 radical (unpaired) electrons. The Bertz CT molecular complexity index is 934.